The fourth-order valence-corrected chi connectivity index (χ4v) is 2.03. The van der Waals surface area contributed by atoms with Crippen molar-refractivity contribution in [3.63, 3.8) is 0 Å². The molecular weight excluding hydrogens is 250 g/mol. The highest BCUT2D eigenvalue weighted by molar-refractivity contribution is 5.92. The number of nitrogens with one attached hydrogen (secondary N) is 2. The molecule has 0 aromatic heterocycles. The third-order valence-electron chi connectivity index (χ3n) is 3.27. The van der Waals surface area contributed by atoms with E-state index in [1.165, 1.54) is 5.56 Å². The first kappa shape index (κ1) is 16.7. The van der Waals surface area contributed by atoms with E-state index in [1.54, 1.807) is 0 Å². The van der Waals surface area contributed by atoms with E-state index in [0.29, 0.717) is 13.0 Å². The lowest BCUT2D eigenvalue weighted by molar-refractivity contribution is -0.116. The monoisotopic (exact) mass is 277 g/mol. The number of carbonyl (C=O) groups is 1. The maximum Gasteiger partial charge on any atom is 0.225 e. The molecule has 0 fully saturated rings. The van der Waals surface area contributed by atoms with Gasteiger partial charge in [0.15, 0.2) is 0 Å². The van der Waals surface area contributed by atoms with E-state index in [4.69, 9.17) is 0 Å². The first-order valence-corrected chi connectivity index (χ1v) is 7.28. The fourth-order valence-electron chi connectivity index (χ4n) is 2.03. The normalized spacial score (nSPS) is 10.8. The van der Waals surface area contributed by atoms with Crippen LogP contribution in [0.25, 0.3) is 0 Å². The minimum absolute atomic E-state index is 0.0753. The van der Waals surface area contributed by atoms with Gasteiger partial charge in [-0.05, 0) is 38.6 Å². The molecule has 0 aliphatic heterocycles. The summed E-state index contributed by atoms with van der Waals surface area (Å²) < 4.78 is 0. The molecule has 0 saturated heterocycles. The summed E-state index contributed by atoms with van der Waals surface area (Å²) in [6.07, 6.45) is 1.43. The molecule has 0 aliphatic rings. The van der Waals surface area contributed by atoms with Crippen LogP contribution in [0.15, 0.2) is 18.2 Å². The van der Waals surface area contributed by atoms with Gasteiger partial charge >= 0.3 is 0 Å². The second kappa shape index (κ2) is 8.72. The molecule has 0 spiro atoms. The van der Waals surface area contributed by atoms with Crippen LogP contribution >= 0.6 is 0 Å². The molecule has 0 atom stereocenters. The highest BCUT2D eigenvalue weighted by atomic mass is 16.1. The lowest BCUT2D eigenvalue weighted by Gasteiger charge is -2.13. The largest absolute Gasteiger partial charge is 0.326 e. The van der Waals surface area contributed by atoms with Gasteiger partial charge in [0, 0.05) is 31.7 Å². The van der Waals surface area contributed by atoms with Crippen LogP contribution in [0.4, 0.5) is 5.69 Å². The number of nitrogens with zero attached hydrogens (tertiary/aromatic N) is 1. The van der Waals surface area contributed by atoms with Gasteiger partial charge in [-0.3, -0.25) is 4.79 Å². The molecule has 0 bridgehead atoms. The Hall–Kier alpha value is -1.39. The van der Waals surface area contributed by atoms with Gasteiger partial charge in [0.25, 0.3) is 0 Å². The third-order valence-corrected chi connectivity index (χ3v) is 3.27. The summed E-state index contributed by atoms with van der Waals surface area (Å²) in [5, 5.41) is 6.31. The van der Waals surface area contributed by atoms with Gasteiger partial charge in [-0.25, -0.2) is 0 Å². The Balaban J connectivity index is 2.39. The quantitative estimate of drug-likeness (QED) is 0.715. The van der Waals surface area contributed by atoms with Gasteiger partial charge in [-0.15, -0.1) is 0 Å². The highest BCUT2D eigenvalue weighted by Crippen LogP contribution is 2.21. The molecule has 112 valence electrons. The van der Waals surface area contributed by atoms with Crippen LogP contribution in [0, 0.1) is 6.92 Å². The molecule has 0 aliphatic carbocycles. The van der Waals surface area contributed by atoms with Crippen LogP contribution in [0.1, 0.15) is 24.5 Å². The minimum atomic E-state index is 0.0753. The maximum absolute atomic E-state index is 12.0. The Morgan fingerprint density at radius 3 is 2.65 bits per heavy atom. The van der Waals surface area contributed by atoms with Gasteiger partial charge in [0.2, 0.25) is 5.91 Å². The van der Waals surface area contributed by atoms with Crippen molar-refractivity contribution in [3.8, 4) is 0 Å². The van der Waals surface area contributed by atoms with E-state index in [0.717, 1.165) is 30.8 Å². The van der Waals surface area contributed by atoms with Crippen LogP contribution in [-0.2, 0) is 11.2 Å². The molecule has 1 aromatic rings. The molecule has 1 rings (SSSR count). The molecule has 1 amide bonds. The number of carbonyl (C=O) groups excluding carboxylic acids is 1. The van der Waals surface area contributed by atoms with E-state index in [9.17, 15) is 4.79 Å². The van der Waals surface area contributed by atoms with Gasteiger partial charge in [-0.1, -0.05) is 25.1 Å². The average molecular weight is 277 g/mol. The number of hydrogen-bond donors (Lipinski definition) is 2. The lowest BCUT2D eigenvalue weighted by Crippen LogP contribution is -2.29. The van der Waals surface area contributed by atoms with Crippen molar-refractivity contribution in [1.82, 2.24) is 10.2 Å². The van der Waals surface area contributed by atoms with Crippen molar-refractivity contribution >= 4 is 11.6 Å². The zero-order valence-electron chi connectivity index (χ0n) is 13.1. The summed E-state index contributed by atoms with van der Waals surface area (Å²) in [5.74, 6) is 0.0753. The van der Waals surface area contributed by atoms with Crippen molar-refractivity contribution in [3.05, 3.63) is 29.3 Å². The fraction of sp³-hybridized carbons (Fsp3) is 0.562. The smallest absolute Gasteiger partial charge is 0.225 e. The number of rotatable bonds is 8. The van der Waals surface area contributed by atoms with Crippen molar-refractivity contribution in [2.45, 2.75) is 26.7 Å². The third kappa shape index (κ3) is 5.72. The van der Waals surface area contributed by atoms with Crippen LogP contribution in [0.5, 0.6) is 0 Å². The summed E-state index contributed by atoms with van der Waals surface area (Å²) in [5.41, 5.74) is 3.30. The zero-order chi connectivity index (χ0) is 15.0. The Morgan fingerprint density at radius 2 is 2.00 bits per heavy atom. The molecular formula is C16H27N3O. The predicted molar refractivity (Wildman–Crippen MR) is 85.2 cm³/mol. The van der Waals surface area contributed by atoms with E-state index >= 15 is 0 Å². The van der Waals surface area contributed by atoms with E-state index in [-0.39, 0.29) is 5.91 Å². The molecule has 0 radical (unpaired) electrons. The Bertz CT molecular complexity index is 430. The second-order valence-corrected chi connectivity index (χ2v) is 5.31. The van der Waals surface area contributed by atoms with Crippen molar-refractivity contribution < 1.29 is 4.79 Å². The number of benzene rings is 1. The SMILES string of the molecule is CCc1cccc(C)c1NC(=O)CCNCCN(C)C. The summed E-state index contributed by atoms with van der Waals surface area (Å²) in [4.78, 5) is 14.1. The topological polar surface area (TPSA) is 44.4 Å². The molecule has 0 unspecified atom stereocenters. The van der Waals surface area contributed by atoms with Crippen LogP contribution in [0.3, 0.4) is 0 Å². The number of hydrogen-bond acceptors (Lipinski definition) is 3. The van der Waals surface area contributed by atoms with E-state index < -0.39 is 0 Å². The summed E-state index contributed by atoms with van der Waals surface area (Å²) in [7, 11) is 4.08. The molecule has 1 aromatic carbocycles. The standard InChI is InChI=1S/C16H27N3O/c1-5-14-8-6-7-13(2)16(14)18-15(20)9-10-17-11-12-19(3)4/h6-8,17H,5,9-12H2,1-4H3,(H,18,20). The molecule has 20 heavy (non-hydrogen) atoms. The molecule has 0 saturated carbocycles. The number of aryl methyl sites for hydroxylation is 2. The molecule has 4 heteroatoms. The maximum atomic E-state index is 12.0. The summed E-state index contributed by atoms with van der Waals surface area (Å²) in [6.45, 7) is 6.74. The second-order valence-electron chi connectivity index (χ2n) is 5.31. The molecule has 2 N–H and O–H groups in total. The van der Waals surface area contributed by atoms with Crippen molar-refractivity contribution in [1.29, 1.82) is 0 Å². The number of anilines is 1. The first-order chi connectivity index (χ1) is 9.54. The summed E-state index contributed by atoms with van der Waals surface area (Å²) in [6, 6.07) is 6.13. The van der Waals surface area contributed by atoms with Gasteiger partial charge in [-0.2, -0.15) is 0 Å². The predicted octanol–water partition coefficient (Wildman–Crippen LogP) is 2.04. The van der Waals surface area contributed by atoms with Gasteiger partial charge < -0.3 is 15.5 Å². The van der Waals surface area contributed by atoms with E-state index in [2.05, 4.69) is 28.5 Å². The van der Waals surface area contributed by atoms with Crippen LogP contribution < -0.4 is 10.6 Å². The zero-order valence-corrected chi connectivity index (χ0v) is 13.1. The summed E-state index contributed by atoms with van der Waals surface area (Å²) >= 11 is 0. The van der Waals surface area contributed by atoms with Crippen molar-refractivity contribution in [2.24, 2.45) is 0 Å². The average Bonchev–Trinajstić information content (AvgIpc) is 2.40. The first-order valence-electron chi connectivity index (χ1n) is 7.28. The van der Waals surface area contributed by atoms with E-state index in [1.807, 2.05) is 33.2 Å². The number of para-hydroxylation sites is 1. The number of likely N-dealkylation sites (N-methyl/N-ethyl adjacent to an activating group) is 1. The van der Waals surface area contributed by atoms with Crippen LogP contribution in [0.2, 0.25) is 0 Å². The van der Waals surface area contributed by atoms with Crippen molar-refractivity contribution in [2.75, 3.05) is 39.0 Å². The minimum Gasteiger partial charge on any atom is -0.326 e. The molecule has 0 heterocycles. The molecule has 4 nitrogen and oxygen atoms in total. The lowest BCUT2D eigenvalue weighted by atomic mass is 10.1. The van der Waals surface area contributed by atoms with Crippen LogP contribution in [-0.4, -0.2) is 44.5 Å². The van der Waals surface area contributed by atoms with Gasteiger partial charge in [0.1, 0.15) is 0 Å². The number of amides is 1. The Kier molecular flexibility index (Phi) is 7.26. The Labute approximate surface area is 122 Å². The Morgan fingerprint density at radius 1 is 1.25 bits per heavy atom. The highest BCUT2D eigenvalue weighted by Gasteiger charge is 2.08. The van der Waals surface area contributed by atoms with Gasteiger partial charge in [0.05, 0.1) is 0 Å².